The monoisotopic (exact) mass is 404 g/mol. The molecule has 0 saturated heterocycles. The fraction of sp³-hybridized carbons (Fsp3) is 0.862. The molecular formula is C29H56. The molecule has 0 aromatic rings. The van der Waals surface area contributed by atoms with Gasteiger partial charge in [0.1, 0.15) is 0 Å². The van der Waals surface area contributed by atoms with Gasteiger partial charge in [0.15, 0.2) is 0 Å². The maximum absolute atomic E-state index is 2.36. The van der Waals surface area contributed by atoms with E-state index in [1.807, 2.05) is 0 Å². The lowest BCUT2D eigenvalue weighted by atomic mass is 10.1. The van der Waals surface area contributed by atoms with E-state index in [0.717, 1.165) is 0 Å². The van der Waals surface area contributed by atoms with E-state index < -0.39 is 0 Å². The highest BCUT2D eigenvalue weighted by atomic mass is 14.0. The minimum Gasteiger partial charge on any atom is -0.0845 e. The maximum Gasteiger partial charge on any atom is -0.0348 e. The zero-order valence-corrected chi connectivity index (χ0v) is 20.6. The third-order valence-electron chi connectivity index (χ3n) is 6.08. The molecule has 0 aliphatic rings. The van der Waals surface area contributed by atoms with E-state index in [1.54, 1.807) is 0 Å². The van der Waals surface area contributed by atoms with Crippen LogP contribution in [0.25, 0.3) is 0 Å². The van der Waals surface area contributed by atoms with E-state index in [9.17, 15) is 0 Å². The quantitative estimate of drug-likeness (QED) is 0.111. The Morgan fingerprint density at radius 1 is 0.310 bits per heavy atom. The molecule has 29 heavy (non-hydrogen) atoms. The standard InChI is InChI=1S/C29H56/c1-3-5-7-9-11-13-15-17-19-21-23-25-27-29-28-26-24-22-20-18-16-14-12-10-8-6-4-2/h25,27-29H,3-24,26H2,1-2H3/b27-25-,29-28?. The van der Waals surface area contributed by atoms with Crippen molar-refractivity contribution in [1.29, 1.82) is 0 Å². The van der Waals surface area contributed by atoms with E-state index in [1.165, 1.54) is 148 Å². The summed E-state index contributed by atoms with van der Waals surface area (Å²) < 4.78 is 0. The summed E-state index contributed by atoms with van der Waals surface area (Å²) in [5, 5.41) is 0. The number of hydrogen-bond donors (Lipinski definition) is 0. The molecule has 0 aromatic heterocycles. The van der Waals surface area contributed by atoms with Crippen LogP contribution in [0.4, 0.5) is 0 Å². The Labute approximate surface area is 186 Å². The van der Waals surface area contributed by atoms with Gasteiger partial charge in [-0.15, -0.1) is 0 Å². The fourth-order valence-electron chi connectivity index (χ4n) is 4.03. The Kier molecular flexibility index (Phi) is 27.0. The summed E-state index contributed by atoms with van der Waals surface area (Å²) in [5.41, 5.74) is 0. The van der Waals surface area contributed by atoms with Gasteiger partial charge < -0.3 is 0 Å². The van der Waals surface area contributed by atoms with Crippen LogP contribution >= 0.6 is 0 Å². The van der Waals surface area contributed by atoms with Crippen LogP contribution in [0.2, 0.25) is 0 Å². The van der Waals surface area contributed by atoms with Crippen LogP contribution < -0.4 is 0 Å². The summed E-state index contributed by atoms with van der Waals surface area (Å²) >= 11 is 0. The molecule has 0 N–H and O–H groups in total. The van der Waals surface area contributed by atoms with Crippen molar-refractivity contribution in [3.8, 4) is 0 Å². The molecule has 0 heterocycles. The van der Waals surface area contributed by atoms with Gasteiger partial charge in [0.05, 0.1) is 0 Å². The van der Waals surface area contributed by atoms with Gasteiger partial charge in [-0.05, 0) is 25.7 Å². The second-order valence-electron chi connectivity index (χ2n) is 9.15. The SMILES string of the molecule is CCCCCCCCCCCC/C=C\C=CCCCCCCCCCCCCC. The summed E-state index contributed by atoms with van der Waals surface area (Å²) in [6, 6.07) is 0. The average Bonchev–Trinajstić information content (AvgIpc) is 2.74. The first kappa shape index (κ1) is 28.5. The molecule has 0 amide bonds. The zero-order chi connectivity index (χ0) is 21.1. The van der Waals surface area contributed by atoms with Gasteiger partial charge >= 0.3 is 0 Å². The summed E-state index contributed by atoms with van der Waals surface area (Å²) in [6.07, 6.45) is 41.9. The molecule has 0 saturated carbocycles. The van der Waals surface area contributed by atoms with Crippen LogP contribution in [-0.4, -0.2) is 0 Å². The van der Waals surface area contributed by atoms with Crippen molar-refractivity contribution in [3.63, 3.8) is 0 Å². The van der Waals surface area contributed by atoms with Gasteiger partial charge in [0.2, 0.25) is 0 Å². The molecule has 0 radical (unpaired) electrons. The Morgan fingerprint density at radius 3 is 0.828 bits per heavy atom. The first-order valence-electron chi connectivity index (χ1n) is 13.7. The van der Waals surface area contributed by atoms with Crippen LogP contribution in [0.1, 0.15) is 162 Å². The van der Waals surface area contributed by atoms with Gasteiger partial charge in [0, 0.05) is 0 Å². The summed E-state index contributed by atoms with van der Waals surface area (Å²) in [6.45, 7) is 4.59. The molecule has 0 aromatic carbocycles. The molecule has 0 fully saturated rings. The molecule has 0 aliphatic carbocycles. The van der Waals surface area contributed by atoms with Crippen LogP contribution in [0.15, 0.2) is 24.3 Å². The van der Waals surface area contributed by atoms with Crippen molar-refractivity contribution < 1.29 is 0 Å². The number of allylic oxidation sites excluding steroid dienone is 4. The highest BCUT2D eigenvalue weighted by molar-refractivity contribution is 5.02. The molecule has 0 aliphatic heterocycles. The Balaban J connectivity index is 3.14. The van der Waals surface area contributed by atoms with Crippen LogP contribution in [0, 0.1) is 0 Å². The number of hydrogen-bond acceptors (Lipinski definition) is 0. The van der Waals surface area contributed by atoms with Crippen molar-refractivity contribution >= 4 is 0 Å². The first-order chi connectivity index (χ1) is 14.4. The fourth-order valence-corrected chi connectivity index (χ4v) is 4.03. The molecule has 0 nitrogen and oxygen atoms in total. The Hall–Kier alpha value is -0.520. The van der Waals surface area contributed by atoms with Gasteiger partial charge in [-0.3, -0.25) is 0 Å². The van der Waals surface area contributed by atoms with E-state index >= 15 is 0 Å². The van der Waals surface area contributed by atoms with Crippen molar-refractivity contribution in [1.82, 2.24) is 0 Å². The number of rotatable bonds is 24. The first-order valence-corrected chi connectivity index (χ1v) is 13.7. The van der Waals surface area contributed by atoms with Crippen LogP contribution in [0.3, 0.4) is 0 Å². The molecule has 0 spiro atoms. The molecule has 0 heteroatoms. The van der Waals surface area contributed by atoms with E-state index in [-0.39, 0.29) is 0 Å². The van der Waals surface area contributed by atoms with E-state index in [2.05, 4.69) is 38.2 Å². The maximum atomic E-state index is 2.36. The summed E-state index contributed by atoms with van der Waals surface area (Å²) in [4.78, 5) is 0. The summed E-state index contributed by atoms with van der Waals surface area (Å²) in [7, 11) is 0. The van der Waals surface area contributed by atoms with Gasteiger partial charge in [0.25, 0.3) is 0 Å². The minimum atomic E-state index is 1.26. The van der Waals surface area contributed by atoms with Gasteiger partial charge in [-0.2, -0.15) is 0 Å². The van der Waals surface area contributed by atoms with Crippen LogP contribution in [-0.2, 0) is 0 Å². The minimum absolute atomic E-state index is 1.26. The molecule has 0 atom stereocenters. The smallest absolute Gasteiger partial charge is 0.0348 e. The van der Waals surface area contributed by atoms with Crippen molar-refractivity contribution in [2.75, 3.05) is 0 Å². The molecule has 0 bridgehead atoms. The summed E-state index contributed by atoms with van der Waals surface area (Å²) in [5.74, 6) is 0. The predicted octanol–water partition coefficient (Wildman–Crippen LogP) is 11.1. The lowest BCUT2D eigenvalue weighted by Crippen LogP contribution is -1.82. The highest BCUT2D eigenvalue weighted by Gasteiger charge is 1.93. The highest BCUT2D eigenvalue weighted by Crippen LogP contribution is 2.13. The third kappa shape index (κ3) is 27.5. The van der Waals surface area contributed by atoms with Gasteiger partial charge in [-0.25, -0.2) is 0 Å². The lowest BCUT2D eigenvalue weighted by Gasteiger charge is -2.01. The van der Waals surface area contributed by atoms with E-state index in [0.29, 0.717) is 0 Å². The second kappa shape index (κ2) is 27.5. The van der Waals surface area contributed by atoms with Crippen molar-refractivity contribution in [3.05, 3.63) is 24.3 Å². The van der Waals surface area contributed by atoms with E-state index in [4.69, 9.17) is 0 Å². The largest absolute Gasteiger partial charge is 0.0845 e. The van der Waals surface area contributed by atoms with Gasteiger partial charge in [-0.1, -0.05) is 160 Å². The van der Waals surface area contributed by atoms with Crippen molar-refractivity contribution in [2.24, 2.45) is 0 Å². The average molecular weight is 405 g/mol. The molecule has 0 unspecified atom stereocenters. The molecule has 0 rings (SSSR count). The predicted molar refractivity (Wildman–Crippen MR) is 136 cm³/mol. The third-order valence-corrected chi connectivity index (χ3v) is 6.08. The Morgan fingerprint density at radius 2 is 0.552 bits per heavy atom. The second-order valence-corrected chi connectivity index (χ2v) is 9.15. The van der Waals surface area contributed by atoms with Crippen LogP contribution in [0.5, 0.6) is 0 Å². The zero-order valence-electron chi connectivity index (χ0n) is 20.6. The molecular weight excluding hydrogens is 348 g/mol. The topological polar surface area (TPSA) is 0 Å². The lowest BCUT2D eigenvalue weighted by molar-refractivity contribution is 0.550. The molecule has 172 valence electrons. The number of unbranched alkanes of at least 4 members (excludes halogenated alkanes) is 21. The van der Waals surface area contributed by atoms with Crippen molar-refractivity contribution in [2.45, 2.75) is 162 Å². The normalized spacial score (nSPS) is 11.9. The Bertz CT molecular complexity index is 325.